The number of amides is 1. The van der Waals surface area contributed by atoms with Crippen molar-refractivity contribution in [3.8, 4) is 28.0 Å². The highest BCUT2D eigenvalue weighted by Crippen LogP contribution is 2.39. The molecule has 4 rings (SSSR count). The van der Waals surface area contributed by atoms with Crippen LogP contribution in [0.4, 0.5) is 26.3 Å². The van der Waals surface area contributed by atoms with Gasteiger partial charge in [0.25, 0.3) is 5.91 Å². The standard InChI is InChI=1S/C31H23F6NO4/c1-42-28(40)17-26(20-9-7-19(8-10-20)18-5-3-2-4-6-18)38-29(41)25-15-21(11-12-27(25)39)22-13-23(30(32,33)34)16-24(14-22)31(35,36)37/h2-16,26,39H,17H2,1H3,(H,38,41). The summed E-state index contributed by atoms with van der Waals surface area (Å²) in [5.41, 5.74) is -1.80. The van der Waals surface area contributed by atoms with E-state index in [4.69, 9.17) is 4.74 Å². The van der Waals surface area contributed by atoms with Crippen molar-refractivity contribution >= 4 is 11.9 Å². The highest BCUT2D eigenvalue weighted by molar-refractivity contribution is 5.98. The summed E-state index contributed by atoms with van der Waals surface area (Å²) in [4.78, 5) is 25.4. The molecule has 0 radical (unpaired) electrons. The maximum Gasteiger partial charge on any atom is 0.416 e. The van der Waals surface area contributed by atoms with Gasteiger partial charge in [0.2, 0.25) is 0 Å². The van der Waals surface area contributed by atoms with Crippen molar-refractivity contribution in [3.63, 3.8) is 0 Å². The fraction of sp³-hybridized carbons (Fsp3) is 0.161. The number of phenolic OH excluding ortho intramolecular Hbond substituents is 1. The van der Waals surface area contributed by atoms with Gasteiger partial charge in [-0.1, -0.05) is 60.7 Å². The van der Waals surface area contributed by atoms with Crippen LogP contribution in [0.5, 0.6) is 5.75 Å². The lowest BCUT2D eigenvalue weighted by Gasteiger charge is -2.20. The minimum atomic E-state index is -5.07. The number of rotatable bonds is 7. The average Bonchev–Trinajstić information content (AvgIpc) is 2.96. The monoisotopic (exact) mass is 587 g/mol. The van der Waals surface area contributed by atoms with Gasteiger partial charge in [0.15, 0.2) is 0 Å². The SMILES string of the molecule is COC(=O)CC(NC(=O)c1cc(-c2cc(C(F)(F)F)cc(C(F)(F)F)c2)ccc1O)c1ccc(-c2ccccc2)cc1. The van der Waals surface area contributed by atoms with Gasteiger partial charge in [-0.3, -0.25) is 9.59 Å². The maximum atomic E-state index is 13.4. The summed E-state index contributed by atoms with van der Waals surface area (Å²) < 4.78 is 85.0. The Morgan fingerprint density at radius 3 is 1.83 bits per heavy atom. The Kier molecular flexibility index (Phi) is 8.60. The molecule has 11 heteroatoms. The maximum absolute atomic E-state index is 13.4. The van der Waals surface area contributed by atoms with E-state index < -0.39 is 58.3 Å². The number of ether oxygens (including phenoxy) is 1. The quantitative estimate of drug-likeness (QED) is 0.171. The first-order valence-corrected chi connectivity index (χ1v) is 12.4. The van der Waals surface area contributed by atoms with Gasteiger partial charge in [0.1, 0.15) is 5.75 Å². The molecule has 0 saturated heterocycles. The lowest BCUT2D eigenvalue weighted by Crippen LogP contribution is -2.30. The van der Waals surface area contributed by atoms with E-state index >= 15 is 0 Å². The molecule has 1 unspecified atom stereocenters. The van der Waals surface area contributed by atoms with E-state index in [1.165, 1.54) is 7.11 Å². The molecule has 218 valence electrons. The van der Waals surface area contributed by atoms with Crippen molar-refractivity contribution in [1.29, 1.82) is 0 Å². The second kappa shape index (κ2) is 12.0. The number of benzene rings is 4. The first-order chi connectivity index (χ1) is 19.8. The Balaban J connectivity index is 1.68. The molecule has 0 aromatic heterocycles. The molecule has 0 saturated carbocycles. The Labute approximate surface area is 236 Å². The molecule has 0 aliphatic rings. The van der Waals surface area contributed by atoms with E-state index in [1.54, 1.807) is 24.3 Å². The van der Waals surface area contributed by atoms with Crippen LogP contribution in [-0.4, -0.2) is 24.1 Å². The summed E-state index contributed by atoms with van der Waals surface area (Å²) in [6.45, 7) is 0. The topological polar surface area (TPSA) is 75.6 Å². The molecule has 1 amide bonds. The number of methoxy groups -OCH3 is 1. The van der Waals surface area contributed by atoms with E-state index in [9.17, 15) is 41.0 Å². The van der Waals surface area contributed by atoms with E-state index in [1.807, 2.05) is 30.3 Å². The molecule has 0 aliphatic carbocycles. The molecule has 5 nitrogen and oxygen atoms in total. The minimum absolute atomic E-state index is 0.00198. The largest absolute Gasteiger partial charge is 0.507 e. The summed E-state index contributed by atoms with van der Waals surface area (Å²) in [6.07, 6.45) is -10.4. The van der Waals surface area contributed by atoms with Crippen LogP contribution in [-0.2, 0) is 21.9 Å². The van der Waals surface area contributed by atoms with Crippen LogP contribution in [0.3, 0.4) is 0 Å². The van der Waals surface area contributed by atoms with Crippen LogP contribution in [0.25, 0.3) is 22.3 Å². The van der Waals surface area contributed by atoms with Crippen LogP contribution in [0, 0.1) is 0 Å². The number of nitrogens with one attached hydrogen (secondary N) is 1. The normalized spacial score (nSPS) is 12.5. The molecule has 0 aliphatic heterocycles. The number of aromatic hydroxyl groups is 1. The van der Waals surface area contributed by atoms with Gasteiger partial charge in [0, 0.05) is 0 Å². The molecule has 0 bridgehead atoms. The number of esters is 1. The van der Waals surface area contributed by atoms with Gasteiger partial charge in [-0.05, 0) is 58.1 Å². The van der Waals surface area contributed by atoms with Gasteiger partial charge in [-0.15, -0.1) is 0 Å². The highest BCUT2D eigenvalue weighted by atomic mass is 19.4. The first kappa shape index (κ1) is 30.2. The lowest BCUT2D eigenvalue weighted by molar-refractivity contribution is -0.143. The summed E-state index contributed by atoms with van der Waals surface area (Å²) in [5, 5.41) is 13.0. The first-order valence-electron chi connectivity index (χ1n) is 12.4. The van der Waals surface area contributed by atoms with Crippen molar-refractivity contribution in [2.24, 2.45) is 0 Å². The van der Waals surface area contributed by atoms with Crippen LogP contribution in [0.15, 0.2) is 91.0 Å². The number of halogens is 6. The molecule has 42 heavy (non-hydrogen) atoms. The second-order valence-electron chi connectivity index (χ2n) is 9.32. The molecular weight excluding hydrogens is 564 g/mol. The Morgan fingerprint density at radius 2 is 1.29 bits per heavy atom. The van der Waals surface area contributed by atoms with E-state index in [0.29, 0.717) is 17.7 Å². The number of phenols is 1. The van der Waals surface area contributed by atoms with Crippen molar-refractivity contribution in [2.75, 3.05) is 7.11 Å². The summed E-state index contributed by atoms with van der Waals surface area (Å²) in [6, 6.07) is 19.5. The van der Waals surface area contributed by atoms with Crippen molar-refractivity contribution < 1.29 is 45.8 Å². The van der Waals surface area contributed by atoms with Gasteiger partial charge >= 0.3 is 18.3 Å². The summed E-state index contributed by atoms with van der Waals surface area (Å²) in [5.74, 6) is -2.15. The van der Waals surface area contributed by atoms with Gasteiger partial charge in [-0.2, -0.15) is 26.3 Å². The van der Waals surface area contributed by atoms with Crippen LogP contribution in [0.2, 0.25) is 0 Å². The molecule has 0 spiro atoms. The molecule has 4 aromatic carbocycles. The molecule has 0 heterocycles. The fourth-order valence-electron chi connectivity index (χ4n) is 4.30. The van der Waals surface area contributed by atoms with Crippen molar-refractivity contribution in [2.45, 2.75) is 24.8 Å². The van der Waals surface area contributed by atoms with Crippen LogP contribution >= 0.6 is 0 Å². The van der Waals surface area contributed by atoms with Crippen molar-refractivity contribution in [3.05, 3.63) is 113 Å². The fourth-order valence-corrected chi connectivity index (χ4v) is 4.30. The zero-order chi connectivity index (χ0) is 30.7. The number of hydrogen-bond acceptors (Lipinski definition) is 4. The molecule has 0 fully saturated rings. The van der Waals surface area contributed by atoms with Crippen molar-refractivity contribution in [1.82, 2.24) is 5.32 Å². The zero-order valence-electron chi connectivity index (χ0n) is 21.9. The number of alkyl halides is 6. The molecule has 2 N–H and O–H groups in total. The Morgan fingerprint density at radius 1 is 0.738 bits per heavy atom. The summed E-state index contributed by atoms with van der Waals surface area (Å²) >= 11 is 0. The van der Waals surface area contributed by atoms with E-state index in [2.05, 4.69) is 5.32 Å². The molecular formula is C31H23F6NO4. The van der Waals surface area contributed by atoms with Gasteiger partial charge < -0.3 is 15.2 Å². The van der Waals surface area contributed by atoms with Gasteiger partial charge in [-0.25, -0.2) is 0 Å². The number of hydrogen-bond donors (Lipinski definition) is 2. The van der Waals surface area contributed by atoms with E-state index in [-0.39, 0.29) is 18.1 Å². The molecule has 4 aromatic rings. The average molecular weight is 588 g/mol. The number of carbonyl (C=O) groups excluding carboxylic acids is 2. The Hall–Kier alpha value is -4.80. The van der Waals surface area contributed by atoms with Crippen LogP contribution < -0.4 is 5.32 Å². The third-order valence-corrected chi connectivity index (χ3v) is 6.49. The smallest absolute Gasteiger partial charge is 0.416 e. The third-order valence-electron chi connectivity index (χ3n) is 6.49. The summed E-state index contributed by atoms with van der Waals surface area (Å²) in [7, 11) is 1.17. The predicted octanol–water partition coefficient (Wildman–Crippen LogP) is 7.80. The Bertz CT molecular complexity index is 1550. The second-order valence-corrected chi connectivity index (χ2v) is 9.32. The number of carbonyl (C=O) groups is 2. The van der Waals surface area contributed by atoms with E-state index in [0.717, 1.165) is 29.3 Å². The predicted molar refractivity (Wildman–Crippen MR) is 142 cm³/mol. The minimum Gasteiger partial charge on any atom is -0.507 e. The zero-order valence-corrected chi connectivity index (χ0v) is 21.9. The highest BCUT2D eigenvalue weighted by Gasteiger charge is 2.37. The molecule has 1 atom stereocenters. The lowest BCUT2D eigenvalue weighted by atomic mass is 9.96. The van der Waals surface area contributed by atoms with Crippen LogP contribution in [0.1, 0.15) is 39.5 Å². The third kappa shape index (κ3) is 7.09. The van der Waals surface area contributed by atoms with Gasteiger partial charge in [0.05, 0.1) is 36.3 Å².